The number of amides is 2. The van der Waals surface area contributed by atoms with Crippen LogP contribution < -0.4 is 20.1 Å². The van der Waals surface area contributed by atoms with E-state index in [1.165, 1.54) is 0 Å². The minimum Gasteiger partial charge on any atom is -0.491 e. The van der Waals surface area contributed by atoms with Crippen molar-refractivity contribution in [3.05, 3.63) is 54.1 Å². The predicted octanol–water partition coefficient (Wildman–Crippen LogP) is 2.15. The first kappa shape index (κ1) is 16.8. The molecule has 0 saturated heterocycles. The Balaban J connectivity index is 1.45. The maximum atomic E-state index is 11.8. The highest BCUT2D eigenvalue weighted by molar-refractivity contribution is 5.93. The zero-order valence-electron chi connectivity index (χ0n) is 13.8. The fourth-order valence-corrected chi connectivity index (χ4v) is 2.49. The van der Waals surface area contributed by atoms with Gasteiger partial charge in [0.1, 0.15) is 11.5 Å². The highest BCUT2D eigenvalue weighted by Gasteiger charge is 2.14. The van der Waals surface area contributed by atoms with Crippen LogP contribution in [0.4, 0.5) is 5.69 Å². The third-order valence-corrected chi connectivity index (χ3v) is 3.75. The smallest absolute Gasteiger partial charge is 0.257 e. The van der Waals surface area contributed by atoms with Crippen LogP contribution >= 0.6 is 0 Å². The molecule has 130 valence electrons. The van der Waals surface area contributed by atoms with E-state index in [0.717, 1.165) is 5.56 Å². The van der Waals surface area contributed by atoms with Gasteiger partial charge in [-0.15, -0.1) is 0 Å². The van der Waals surface area contributed by atoms with Crippen LogP contribution in [0.25, 0.3) is 0 Å². The Morgan fingerprint density at radius 3 is 2.88 bits per heavy atom. The first-order valence-electron chi connectivity index (χ1n) is 8.21. The monoisotopic (exact) mass is 340 g/mol. The van der Waals surface area contributed by atoms with E-state index in [0.29, 0.717) is 43.2 Å². The van der Waals surface area contributed by atoms with Gasteiger partial charge in [0.05, 0.1) is 18.7 Å². The van der Waals surface area contributed by atoms with Crippen molar-refractivity contribution >= 4 is 17.5 Å². The molecule has 0 radical (unpaired) electrons. The van der Waals surface area contributed by atoms with E-state index >= 15 is 0 Å². The summed E-state index contributed by atoms with van der Waals surface area (Å²) in [4.78, 5) is 23.4. The first-order valence-corrected chi connectivity index (χ1v) is 8.21. The van der Waals surface area contributed by atoms with Crippen molar-refractivity contribution in [2.75, 3.05) is 25.1 Å². The van der Waals surface area contributed by atoms with Gasteiger partial charge >= 0.3 is 0 Å². The molecule has 2 amide bonds. The summed E-state index contributed by atoms with van der Waals surface area (Å²) < 4.78 is 10.9. The number of rotatable bonds is 6. The van der Waals surface area contributed by atoms with E-state index in [9.17, 15) is 9.59 Å². The van der Waals surface area contributed by atoms with Gasteiger partial charge < -0.3 is 20.1 Å². The molecule has 2 N–H and O–H groups in total. The first-order chi connectivity index (χ1) is 12.2. The summed E-state index contributed by atoms with van der Waals surface area (Å²) in [6, 6.07) is 14.9. The SMILES string of the molecule is O=C(COc1ccccc1)NCCc1ccc2c(c1)NC(=O)CCO2. The van der Waals surface area contributed by atoms with Crippen LogP contribution in [0.2, 0.25) is 0 Å². The molecule has 0 aromatic heterocycles. The van der Waals surface area contributed by atoms with Gasteiger partial charge in [0, 0.05) is 6.54 Å². The molecular weight excluding hydrogens is 320 g/mol. The third kappa shape index (κ3) is 4.97. The predicted molar refractivity (Wildman–Crippen MR) is 93.8 cm³/mol. The minimum atomic E-state index is -0.171. The van der Waals surface area contributed by atoms with Gasteiger partial charge in [0.2, 0.25) is 5.91 Å². The second-order valence-electron chi connectivity index (χ2n) is 5.68. The van der Waals surface area contributed by atoms with Gasteiger partial charge in [-0.05, 0) is 36.2 Å². The lowest BCUT2D eigenvalue weighted by Gasteiger charge is -2.10. The number of carbonyl (C=O) groups is 2. The maximum absolute atomic E-state index is 11.8. The molecule has 1 aliphatic heterocycles. The van der Waals surface area contributed by atoms with Crippen LogP contribution in [-0.4, -0.2) is 31.6 Å². The Labute approximate surface area is 146 Å². The van der Waals surface area contributed by atoms with Gasteiger partial charge in [-0.25, -0.2) is 0 Å². The Morgan fingerprint density at radius 2 is 2.04 bits per heavy atom. The quantitative estimate of drug-likeness (QED) is 0.845. The number of para-hydroxylation sites is 1. The number of anilines is 1. The number of carbonyl (C=O) groups excluding carboxylic acids is 2. The lowest BCUT2D eigenvalue weighted by Crippen LogP contribution is -2.30. The van der Waals surface area contributed by atoms with E-state index < -0.39 is 0 Å². The van der Waals surface area contributed by atoms with Crippen LogP contribution in [0.5, 0.6) is 11.5 Å². The number of fused-ring (bicyclic) bond motifs is 1. The summed E-state index contributed by atoms with van der Waals surface area (Å²) in [6.07, 6.45) is 1.00. The molecule has 0 aliphatic carbocycles. The summed E-state index contributed by atoms with van der Waals surface area (Å²) >= 11 is 0. The lowest BCUT2D eigenvalue weighted by atomic mass is 10.1. The van der Waals surface area contributed by atoms with Gasteiger partial charge in [-0.2, -0.15) is 0 Å². The summed E-state index contributed by atoms with van der Waals surface area (Å²) in [5.41, 5.74) is 1.69. The fraction of sp³-hybridized carbons (Fsp3) is 0.263. The minimum absolute atomic E-state index is 0.0158. The van der Waals surface area contributed by atoms with Gasteiger partial charge in [-0.3, -0.25) is 9.59 Å². The van der Waals surface area contributed by atoms with E-state index in [1.807, 2.05) is 36.4 Å². The van der Waals surface area contributed by atoms with E-state index in [2.05, 4.69) is 10.6 Å². The molecule has 0 bridgehead atoms. The van der Waals surface area contributed by atoms with Gasteiger partial charge in [0.25, 0.3) is 5.91 Å². The second-order valence-corrected chi connectivity index (χ2v) is 5.68. The van der Waals surface area contributed by atoms with Crippen molar-refractivity contribution < 1.29 is 19.1 Å². The normalized spacial score (nSPS) is 13.0. The third-order valence-electron chi connectivity index (χ3n) is 3.75. The molecule has 0 fully saturated rings. The van der Waals surface area contributed by atoms with Crippen LogP contribution in [0.3, 0.4) is 0 Å². The number of ether oxygens (including phenoxy) is 2. The Bertz CT molecular complexity index is 746. The molecule has 0 saturated carbocycles. The molecule has 6 heteroatoms. The van der Waals surface area contributed by atoms with E-state index in [1.54, 1.807) is 12.1 Å². The molecule has 25 heavy (non-hydrogen) atoms. The molecule has 6 nitrogen and oxygen atoms in total. The van der Waals surface area contributed by atoms with Gasteiger partial charge in [0.15, 0.2) is 6.61 Å². The number of hydrogen-bond acceptors (Lipinski definition) is 4. The molecular formula is C19H20N2O4. The fourth-order valence-electron chi connectivity index (χ4n) is 2.49. The average molecular weight is 340 g/mol. The standard InChI is InChI=1S/C19H20N2O4/c22-18-9-11-24-17-7-6-14(12-16(17)21-18)8-10-20-19(23)13-25-15-4-2-1-3-5-15/h1-7,12H,8-11,13H2,(H,20,23)(H,21,22). The van der Waals surface area contributed by atoms with Crippen LogP contribution in [0, 0.1) is 0 Å². The Kier molecular flexibility index (Phi) is 5.51. The molecule has 1 aliphatic rings. The van der Waals surface area contributed by atoms with Crippen LogP contribution in [0.1, 0.15) is 12.0 Å². The lowest BCUT2D eigenvalue weighted by molar-refractivity contribution is -0.123. The summed E-state index contributed by atoms with van der Waals surface area (Å²) in [5, 5.41) is 5.65. The summed E-state index contributed by atoms with van der Waals surface area (Å²) in [5.74, 6) is 1.12. The number of nitrogens with one attached hydrogen (secondary N) is 2. The maximum Gasteiger partial charge on any atom is 0.257 e. The van der Waals surface area contributed by atoms with Crippen LogP contribution in [0.15, 0.2) is 48.5 Å². The highest BCUT2D eigenvalue weighted by Crippen LogP contribution is 2.28. The van der Waals surface area contributed by atoms with Crippen molar-refractivity contribution in [1.82, 2.24) is 5.32 Å². The second kappa shape index (κ2) is 8.19. The molecule has 2 aromatic carbocycles. The van der Waals surface area contributed by atoms with Crippen molar-refractivity contribution in [1.29, 1.82) is 0 Å². The topological polar surface area (TPSA) is 76.7 Å². The number of benzene rings is 2. The van der Waals surface area contributed by atoms with Crippen LogP contribution in [-0.2, 0) is 16.0 Å². The highest BCUT2D eigenvalue weighted by atomic mass is 16.5. The number of hydrogen-bond donors (Lipinski definition) is 2. The van der Waals surface area contributed by atoms with Crippen molar-refractivity contribution in [2.45, 2.75) is 12.8 Å². The molecule has 3 rings (SSSR count). The van der Waals surface area contributed by atoms with Gasteiger partial charge in [-0.1, -0.05) is 24.3 Å². The largest absolute Gasteiger partial charge is 0.491 e. The summed E-state index contributed by atoms with van der Waals surface area (Å²) in [7, 11) is 0. The molecule has 2 aromatic rings. The van der Waals surface area contributed by atoms with Crippen molar-refractivity contribution in [3.63, 3.8) is 0 Å². The van der Waals surface area contributed by atoms with E-state index in [4.69, 9.17) is 9.47 Å². The van der Waals surface area contributed by atoms with E-state index in [-0.39, 0.29) is 18.4 Å². The molecule has 0 atom stereocenters. The average Bonchev–Trinajstić information content (AvgIpc) is 2.81. The summed E-state index contributed by atoms with van der Waals surface area (Å²) in [6.45, 7) is 0.859. The molecule has 1 heterocycles. The zero-order valence-corrected chi connectivity index (χ0v) is 13.8. The molecule has 0 spiro atoms. The van der Waals surface area contributed by atoms with Crippen molar-refractivity contribution in [3.8, 4) is 11.5 Å². The Hall–Kier alpha value is -3.02. The molecule has 0 unspecified atom stereocenters. The zero-order chi connectivity index (χ0) is 17.5. The van der Waals surface area contributed by atoms with Crippen molar-refractivity contribution in [2.24, 2.45) is 0 Å². The Morgan fingerprint density at radius 1 is 1.20 bits per heavy atom.